The number of ether oxygens (including phenoxy) is 3. The number of aliphatic carboxylic acids is 1. The van der Waals surface area contributed by atoms with Crippen LogP contribution in [-0.4, -0.2) is 78.7 Å². The Morgan fingerprint density at radius 1 is 1.43 bits per heavy atom. The van der Waals surface area contributed by atoms with Crippen molar-refractivity contribution in [2.75, 3.05) is 39.5 Å². The first kappa shape index (κ1) is 23.9. The number of piperidine rings is 1. The summed E-state index contributed by atoms with van der Waals surface area (Å²) in [5.74, 6) is -1.95. The molecular weight excluding hydrogens is 409 g/mol. The second kappa shape index (κ2) is 10.6. The molecule has 2 aliphatic heterocycles. The molecule has 1 amide bonds. The Balaban J connectivity index is 0.000000396. The Morgan fingerprint density at radius 2 is 2.17 bits per heavy atom. The molecule has 0 aromatic carbocycles. The standard InChI is InChI=1S/C17H24N2O4.C2HF3O2/c1-2-21-11-16(20)19-8-5-15-17(12-19,6-9-22-15)13-23-14-4-3-7-18-10-14;3-2(4,5)1(6)7/h3-4,7,10,15H,2,5-6,8-9,11-13H2,1H3;(H,6,7)/t15-,17+;/m1./s1. The first-order chi connectivity index (χ1) is 14.2. The van der Waals surface area contributed by atoms with Crippen LogP contribution in [0.1, 0.15) is 19.8 Å². The van der Waals surface area contributed by atoms with Gasteiger partial charge in [-0.05, 0) is 31.9 Å². The van der Waals surface area contributed by atoms with Gasteiger partial charge in [-0.1, -0.05) is 0 Å². The van der Waals surface area contributed by atoms with Gasteiger partial charge in [0.1, 0.15) is 12.4 Å². The summed E-state index contributed by atoms with van der Waals surface area (Å²) >= 11 is 0. The zero-order valence-corrected chi connectivity index (χ0v) is 16.6. The summed E-state index contributed by atoms with van der Waals surface area (Å²) in [6.45, 7) is 5.28. The number of likely N-dealkylation sites (tertiary alicyclic amines) is 1. The summed E-state index contributed by atoms with van der Waals surface area (Å²) in [6, 6.07) is 3.75. The highest BCUT2D eigenvalue weighted by atomic mass is 19.4. The van der Waals surface area contributed by atoms with Crippen molar-refractivity contribution in [2.24, 2.45) is 5.41 Å². The van der Waals surface area contributed by atoms with Crippen molar-refractivity contribution < 1.29 is 42.1 Å². The normalized spacial score (nSPS) is 23.2. The van der Waals surface area contributed by atoms with Gasteiger partial charge in [0.15, 0.2) is 0 Å². The number of carbonyl (C=O) groups is 2. The highest BCUT2D eigenvalue weighted by molar-refractivity contribution is 5.77. The van der Waals surface area contributed by atoms with Crippen molar-refractivity contribution in [3.05, 3.63) is 24.5 Å². The third-order valence-corrected chi connectivity index (χ3v) is 4.95. The minimum Gasteiger partial charge on any atom is -0.491 e. The summed E-state index contributed by atoms with van der Waals surface area (Å²) < 4.78 is 48.8. The van der Waals surface area contributed by atoms with E-state index in [0.717, 1.165) is 31.7 Å². The van der Waals surface area contributed by atoms with Crippen molar-refractivity contribution in [1.82, 2.24) is 9.88 Å². The number of aromatic nitrogens is 1. The van der Waals surface area contributed by atoms with Crippen molar-refractivity contribution in [3.8, 4) is 5.75 Å². The van der Waals surface area contributed by atoms with E-state index < -0.39 is 12.1 Å². The molecule has 30 heavy (non-hydrogen) atoms. The molecule has 0 radical (unpaired) electrons. The molecule has 1 aromatic heterocycles. The lowest BCUT2D eigenvalue weighted by Gasteiger charge is -2.43. The zero-order valence-electron chi connectivity index (χ0n) is 16.6. The Labute approximate surface area is 171 Å². The van der Waals surface area contributed by atoms with Crippen LogP contribution in [0.5, 0.6) is 5.75 Å². The number of alkyl halides is 3. The van der Waals surface area contributed by atoms with E-state index in [1.807, 2.05) is 24.0 Å². The van der Waals surface area contributed by atoms with Crippen molar-refractivity contribution >= 4 is 11.9 Å². The predicted molar refractivity (Wildman–Crippen MR) is 97.9 cm³/mol. The lowest BCUT2D eigenvalue weighted by atomic mass is 9.77. The second-order valence-corrected chi connectivity index (χ2v) is 6.99. The number of halogens is 3. The van der Waals surface area contributed by atoms with Crippen LogP contribution in [0.15, 0.2) is 24.5 Å². The van der Waals surface area contributed by atoms with Crippen LogP contribution in [0.2, 0.25) is 0 Å². The van der Waals surface area contributed by atoms with Gasteiger partial charge in [0.2, 0.25) is 5.91 Å². The minimum atomic E-state index is -5.08. The third-order valence-electron chi connectivity index (χ3n) is 4.95. The van der Waals surface area contributed by atoms with E-state index in [0.29, 0.717) is 19.8 Å². The molecular formula is C19H25F3N2O6. The maximum absolute atomic E-state index is 12.3. The first-order valence-electron chi connectivity index (χ1n) is 9.48. The molecule has 3 heterocycles. The molecule has 0 aliphatic carbocycles. The van der Waals surface area contributed by atoms with Gasteiger partial charge in [-0.2, -0.15) is 13.2 Å². The van der Waals surface area contributed by atoms with E-state index >= 15 is 0 Å². The van der Waals surface area contributed by atoms with E-state index in [4.69, 9.17) is 24.1 Å². The van der Waals surface area contributed by atoms with Gasteiger partial charge in [0.25, 0.3) is 0 Å². The smallest absolute Gasteiger partial charge is 0.490 e. The van der Waals surface area contributed by atoms with E-state index in [2.05, 4.69) is 4.98 Å². The van der Waals surface area contributed by atoms with Gasteiger partial charge < -0.3 is 24.2 Å². The minimum absolute atomic E-state index is 0.0537. The van der Waals surface area contributed by atoms with Crippen LogP contribution in [0.4, 0.5) is 13.2 Å². The van der Waals surface area contributed by atoms with E-state index in [1.54, 1.807) is 12.4 Å². The number of nitrogens with zero attached hydrogens (tertiary/aromatic N) is 2. The molecule has 0 unspecified atom stereocenters. The van der Waals surface area contributed by atoms with Gasteiger partial charge in [-0.3, -0.25) is 9.78 Å². The van der Waals surface area contributed by atoms with Crippen LogP contribution >= 0.6 is 0 Å². The molecule has 2 atom stereocenters. The Hall–Kier alpha value is -2.40. The number of rotatable bonds is 6. The second-order valence-electron chi connectivity index (χ2n) is 6.99. The highest BCUT2D eigenvalue weighted by Gasteiger charge is 2.49. The average Bonchev–Trinajstić information content (AvgIpc) is 3.14. The van der Waals surface area contributed by atoms with Crippen LogP contribution in [0.25, 0.3) is 0 Å². The lowest BCUT2D eigenvalue weighted by molar-refractivity contribution is -0.192. The summed E-state index contributed by atoms with van der Waals surface area (Å²) in [4.78, 5) is 27.1. The quantitative estimate of drug-likeness (QED) is 0.733. The molecule has 2 saturated heterocycles. The number of carboxylic acids is 1. The van der Waals surface area contributed by atoms with Gasteiger partial charge in [-0.15, -0.1) is 0 Å². The van der Waals surface area contributed by atoms with Gasteiger partial charge in [0.05, 0.1) is 24.3 Å². The third kappa shape index (κ3) is 6.56. The number of fused-ring (bicyclic) bond motifs is 1. The molecule has 0 spiro atoms. The highest BCUT2D eigenvalue weighted by Crippen LogP contribution is 2.41. The molecule has 11 heteroatoms. The first-order valence-corrected chi connectivity index (χ1v) is 9.48. The monoisotopic (exact) mass is 434 g/mol. The molecule has 0 saturated carbocycles. The molecule has 1 N–H and O–H groups in total. The van der Waals surface area contributed by atoms with E-state index in [-0.39, 0.29) is 24.0 Å². The molecule has 2 aliphatic rings. The number of amides is 1. The Morgan fingerprint density at radius 3 is 2.77 bits per heavy atom. The van der Waals surface area contributed by atoms with Crippen molar-refractivity contribution in [2.45, 2.75) is 32.0 Å². The number of carbonyl (C=O) groups excluding carboxylic acids is 1. The summed E-state index contributed by atoms with van der Waals surface area (Å²) in [6.07, 6.45) is 0.282. The molecule has 2 fully saturated rings. The SMILES string of the molecule is CCOCC(=O)N1CC[C@H]2OCC[C@@]2(COc2cccnc2)C1.O=C(O)C(F)(F)F. The summed E-state index contributed by atoms with van der Waals surface area (Å²) in [5, 5.41) is 7.12. The summed E-state index contributed by atoms with van der Waals surface area (Å²) in [7, 11) is 0. The maximum atomic E-state index is 12.3. The molecule has 8 nitrogen and oxygen atoms in total. The van der Waals surface area contributed by atoms with Crippen LogP contribution in [0.3, 0.4) is 0 Å². The van der Waals surface area contributed by atoms with Crippen LogP contribution in [0, 0.1) is 5.41 Å². The lowest BCUT2D eigenvalue weighted by Crippen LogP contribution is -2.54. The zero-order chi connectivity index (χ0) is 22.2. The van der Waals surface area contributed by atoms with Crippen molar-refractivity contribution in [3.63, 3.8) is 0 Å². The largest absolute Gasteiger partial charge is 0.491 e. The number of carboxylic acid groups (broad SMARTS) is 1. The predicted octanol–water partition coefficient (Wildman–Crippen LogP) is 2.14. The molecule has 3 rings (SSSR count). The van der Waals surface area contributed by atoms with Crippen LogP contribution < -0.4 is 4.74 Å². The molecule has 0 bridgehead atoms. The maximum Gasteiger partial charge on any atom is 0.490 e. The topological polar surface area (TPSA) is 98.2 Å². The fourth-order valence-electron chi connectivity index (χ4n) is 3.41. The van der Waals surface area contributed by atoms with Crippen LogP contribution in [-0.2, 0) is 19.1 Å². The molecule has 1 aromatic rings. The Kier molecular flexibility index (Phi) is 8.42. The van der Waals surface area contributed by atoms with E-state index in [1.165, 1.54) is 0 Å². The van der Waals surface area contributed by atoms with E-state index in [9.17, 15) is 18.0 Å². The van der Waals surface area contributed by atoms with Gasteiger partial charge >= 0.3 is 12.1 Å². The number of hydrogen-bond donors (Lipinski definition) is 1. The van der Waals surface area contributed by atoms with Gasteiger partial charge in [0, 0.05) is 32.5 Å². The summed E-state index contributed by atoms with van der Waals surface area (Å²) in [5.41, 5.74) is -0.129. The fraction of sp³-hybridized carbons (Fsp3) is 0.632. The molecule has 168 valence electrons. The van der Waals surface area contributed by atoms with Crippen molar-refractivity contribution in [1.29, 1.82) is 0 Å². The average molecular weight is 434 g/mol. The Bertz CT molecular complexity index is 703. The fourth-order valence-corrected chi connectivity index (χ4v) is 3.41. The van der Waals surface area contributed by atoms with Gasteiger partial charge in [-0.25, -0.2) is 4.79 Å². The number of hydrogen-bond acceptors (Lipinski definition) is 6. The number of pyridine rings is 1.